The summed E-state index contributed by atoms with van der Waals surface area (Å²) >= 11 is 0. The molecule has 80 valence electrons. The summed E-state index contributed by atoms with van der Waals surface area (Å²) in [7, 11) is 0. The molecule has 0 aromatic heterocycles. The Morgan fingerprint density at radius 3 is 3.14 bits per heavy atom. The molecule has 3 atom stereocenters. The van der Waals surface area contributed by atoms with Crippen LogP contribution < -0.4 is 11.1 Å². The maximum Gasteiger partial charge on any atom is 0.120 e. The first kappa shape index (κ1) is 9.80. The van der Waals surface area contributed by atoms with Crippen LogP contribution in [0, 0.1) is 0 Å². The zero-order valence-electron chi connectivity index (χ0n) is 8.49. The van der Waals surface area contributed by atoms with Gasteiger partial charge in [0.1, 0.15) is 11.9 Å². The van der Waals surface area contributed by atoms with Gasteiger partial charge in [-0.05, 0) is 26.3 Å². The van der Waals surface area contributed by atoms with E-state index in [4.69, 9.17) is 15.6 Å². The van der Waals surface area contributed by atoms with Crippen molar-refractivity contribution in [1.82, 2.24) is 5.32 Å². The first-order chi connectivity index (χ1) is 6.68. The van der Waals surface area contributed by atoms with Gasteiger partial charge in [-0.1, -0.05) is 0 Å². The number of rotatable bonds is 3. The molecule has 14 heavy (non-hydrogen) atoms. The molecule has 0 aromatic rings. The van der Waals surface area contributed by atoms with E-state index in [1.54, 1.807) is 6.92 Å². The number of aliphatic hydroxyl groups is 1. The zero-order chi connectivity index (χ0) is 10.1. The molecule has 0 aromatic carbocycles. The summed E-state index contributed by atoms with van der Waals surface area (Å²) in [5.41, 5.74) is 6.80. The van der Waals surface area contributed by atoms with Crippen LogP contribution in [0.1, 0.15) is 26.2 Å². The van der Waals surface area contributed by atoms with Crippen LogP contribution in [0.15, 0.2) is 11.5 Å². The first-order valence-electron chi connectivity index (χ1n) is 5.25. The van der Waals surface area contributed by atoms with E-state index in [1.807, 2.05) is 0 Å². The number of aliphatic hydroxyl groups excluding tert-OH is 1. The molecule has 0 radical (unpaired) electrons. The highest BCUT2D eigenvalue weighted by molar-refractivity contribution is 5.22. The molecule has 2 heterocycles. The average Bonchev–Trinajstić information content (AvgIpc) is 2.66. The Kier molecular flexibility index (Phi) is 2.65. The van der Waals surface area contributed by atoms with E-state index in [0.29, 0.717) is 0 Å². The van der Waals surface area contributed by atoms with Crippen molar-refractivity contribution in [1.29, 1.82) is 0 Å². The second-order valence-corrected chi connectivity index (χ2v) is 4.14. The van der Waals surface area contributed by atoms with Crippen LogP contribution in [0.2, 0.25) is 0 Å². The summed E-state index contributed by atoms with van der Waals surface area (Å²) in [5.74, 6) is 0.883. The molecular weight excluding hydrogens is 180 g/mol. The molecule has 1 fully saturated rings. The summed E-state index contributed by atoms with van der Waals surface area (Å²) in [4.78, 5) is 0. The lowest BCUT2D eigenvalue weighted by Crippen LogP contribution is -2.31. The number of ether oxygens (including phenoxy) is 1. The summed E-state index contributed by atoms with van der Waals surface area (Å²) in [5, 5.41) is 12.5. The van der Waals surface area contributed by atoms with Gasteiger partial charge >= 0.3 is 0 Å². The maximum absolute atomic E-state index is 9.17. The van der Waals surface area contributed by atoms with E-state index in [1.165, 1.54) is 0 Å². The molecule has 0 bridgehead atoms. The molecule has 2 aliphatic heterocycles. The van der Waals surface area contributed by atoms with Gasteiger partial charge in [0.05, 0.1) is 17.8 Å². The molecule has 4 heteroatoms. The van der Waals surface area contributed by atoms with Crippen LogP contribution in [-0.4, -0.2) is 29.9 Å². The lowest BCUT2D eigenvalue weighted by atomic mass is 10.1. The van der Waals surface area contributed by atoms with Gasteiger partial charge in [-0.15, -0.1) is 0 Å². The molecule has 0 amide bonds. The van der Waals surface area contributed by atoms with Crippen LogP contribution in [0.25, 0.3) is 0 Å². The van der Waals surface area contributed by atoms with E-state index in [2.05, 4.69) is 5.32 Å². The van der Waals surface area contributed by atoms with E-state index in [0.717, 1.165) is 37.3 Å². The quantitative estimate of drug-likeness (QED) is 0.600. The van der Waals surface area contributed by atoms with Gasteiger partial charge in [0.2, 0.25) is 0 Å². The minimum Gasteiger partial charge on any atom is -0.491 e. The van der Waals surface area contributed by atoms with Crippen molar-refractivity contribution in [3.63, 3.8) is 0 Å². The third-order valence-corrected chi connectivity index (χ3v) is 2.90. The Bertz CT molecular complexity index is 251. The molecule has 0 spiro atoms. The Labute approximate surface area is 84.1 Å². The molecule has 4 N–H and O–H groups in total. The van der Waals surface area contributed by atoms with Gasteiger partial charge in [0.25, 0.3) is 0 Å². The van der Waals surface area contributed by atoms with Gasteiger partial charge < -0.3 is 20.9 Å². The number of hydrogen-bond donors (Lipinski definition) is 3. The van der Waals surface area contributed by atoms with Gasteiger partial charge in [-0.25, -0.2) is 0 Å². The highest BCUT2D eigenvalue weighted by Crippen LogP contribution is 2.30. The van der Waals surface area contributed by atoms with Crippen LogP contribution in [0.4, 0.5) is 0 Å². The molecule has 3 unspecified atom stereocenters. The summed E-state index contributed by atoms with van der Waals surface area (Å²) in [6.45, 7) is 2.77. The zero-order valence-corrected chi connectivity index (χ0v) is 8.49. The average molecular weight is 198 g/mol. The molecule has 0 aliphatic carbocycles. The van der Waals surface area contributed by atoms with Crippen LogP contribution in [-0.2, 0) is 4.74 Å². The highest BCUT2D eigenvalue weighted by atomic mass is 16.5. The Morgan fingerprint density at radius 2 is 2.50 bits per heavy atom. The number of nitrogens with two attached hydrogens (primary N) is 1. The fourth-order valence-corrected chi connectivity index (χ4v) is 2.08. The third kappa shape index (κ3) is 1.72. The SMILES string of the molecule is CC(O)CCC1=C(N)C2NCCC2O1. The fraction of sp³-hybridized carbons (Fsp3) is 0.800. The van der Waals surface area contributed by atoms with E-state index >= 15 is 0 Å². The summed E-state index contributed by atoms with van der Waals surface area (Å²) in [6, 6.07) is 0.221. The van der Waals surface area contributed by atoms with Crippen LogP contribution >= 0.6 is 0 Å². The monoisotopic (exact) mass is 198 g/mol. The van der Waals surface area contributed by atoms with Crippen molar-refractivity contribution in [3.05, 3.63) is 11.5 Å². The van der Waals surface area contributed by atoms with E-state index < -0.39 is 0 Å². The molecule has 1 saturated heterocycles. The Hall–Kier alpha value is -0.740. The van der Waals surface area contributed by atoms with Gasteiger partial charge in [0.15, 0.2) is 0 Å². The third-order valence-electron chi connectivity index (χ3n) is 2.90. The van der Waals surface area contributed by atoms with Crippen LogP contribution in [0.5, 0.6) is 0 Å². The number of hydrogen-bond acceptors (Lipinski definition) is 4. The van der Waals surface area contributed by atoms with Crippen molar-refractivity contribution in [2.24, 2.45) is 5.73 Å². The lowest BCUT2D eigenvalue weighted by Gasteiger charge is -2.10. The minimum atomic E-state index is -0.285. The van der Waals surface area contributed by atoms with Gasteiger partial charge in [-0.3, -0.25) is 0 Å². The topological polar surface area (TPSA) is 67.5 Å². The Morgan fingerprint density at radius 1 is 1.71 bits per heavy atom. The smallest absolute Gasteiger partial charge is 0.120 e. The fourth-order valence-electron chi connectivity index (χ4n) is 2.08. The molecule has 2 rings (SSSR count). The number of allylic oxidation sites excluding steroid dienone is 1. The predicted molar refractivity (Wildman–Crippen MR) is 53.4 cm³/mol. The highest BCUT2D eigenvalue weighted by Gasteiger charge is 2.38. The normalized spacial score (nSPS) is 33.0. The van der Waals surface area contributed by atoms with Crippen molar-refractivity contribution < 1.29 is 9.84 Å². The minimum absolute atomic E-state index is 0.221. The number of nitrogens with one attached hydrogen (secondary N) is 1. The van der Waals surface area contributed by atoms with E-state index in [9.17, 15) is 0 Å². The van der Waals surface area contributed by atoms with Crippen molar-refractivity contribution in [3.8, 4) is 0 Å². The Balaban J connectivity index is 1.95. The maximum atomic E-state index is 9.17. The standard InChI is InChI=1S/C10H18N2O2/c1-6(13)2-3-7-9(11)10-8(14-7)4-5-12-10/h6,8,10,12-13H,2-5,11H2,1H3. The summed E-state index contributed by atoms with van der Waals surface area (Å²) < 4.78 is 5.73. The first-order valence-corrected chi connectivity index (χ1v) is 5.25. The second-order valence-electron chi connectivity index (χ2n) is 4.14. The van der Waals surface area contributed by atoms with Gasteiger partial charge in [-0.2, -0.15) is 0 Å². The predicted octanol–water partition coefficient (Wildman–Crippen LogP) is 0.0784. The number of fused-ring (bicyclic) bond motifs is 1. The van der Waals surface area contributed by atoms with Gasteiger partial charge in [0, 0.05) is 6.42 Å². The molecular formula is C10H18N2O2. The summed E-state index contributed by atoms with van der Waals surface area (Å²) in [6.07, 6.45) is 2.45. The largest absolute Gasteiger partial charge is 0.491 e. The lowest BCUT2D eigenvalue weighted by molar-refractivity contribution is 0.124. The second kappa shape index (κ2) is 3.79. The van der Waals surface area contributed by atoms with Crippen molar-refractivity contribution >= 4 is 0 Å². The van der Waals surface area contributed by atoms with Crippen molar-refractivity contribution in [2.75, 3.05) is 6.54 Å². The molecule has 0 saturated carbocycles. The molecule has 4 nitrogen and oxygen atoms in total. The molecule has 2 aliphatic rings. The van der Waals surface area contributed by atoms with E-state index in [-0.39, 0.29) is 18.2 Å². The van der Waals surface area contributed by atoms with Crippen molar-refractivity contribution in [2.45, 2.75) is 44.4 Å². The van der Waals surface area contributed by atoms with Crippen LogP contribution in [0.3, 0.4) is 0 Å².